The van der Waals surface area contributed by atoms with Crippen molar-refractivity contribution in [2.45, 2.75) is 13.3 Å². The van der Waals surface area contributed by atoms with Gasteiger partial charge < -0.3 is 10.1 Å². The number of alkyl halides is 2. The van der Waals surface area contributed by atoms with Crippen molar-refractivity contribution in [1.82, 2.24) is 4.98 Å². The first-order valence-corrected chi connectivity index (χ1v) is 3.86. The van der Waals surface area contributed by atoms with Crippen LogP contribution < -0.4 is 0 Å². The van der Waals surface area contributed by atoms with Crippen LogP contribution in [0, 0.1) is 17.0 Å². The Morgan fingerprint density at radius 1 is 1.60 bits per heavy atom. The summed E-state index contributed by atoms with van der Waals surface area (Å²) in [4.78, 5) is 23.1. The zero-order valence-corrected chi connectivity index (χ0v) is 7.61. The van der Waals surface area contributed by atoms with E-state index in [0.29, 0.717) is 6.29 Å². The molecule has 0 spiro atoms. The van der Waals surface area contributed by atoms with E-state index in [1.54, 1.807) is 0 Å². The summed E-state index contributed by atoms with van der Waals surface area (Å²) in [6.45, 7) is 1.22. The number of halogens is 2. The predicted octanol–water partition coefficient (Wildman–Crippen LogP) is 2.05. The first-order chi connectivity index (χ1) is 6.99. The number of carbonyl (C=O) groups is 1. The highest BCUT2D eigenvalue weighted by atomic mass is 19.3. The Balaban J connectivity index is 3.51. The fourth-order valence-corrected chi connectivity index (χ4v) is 1.15. The summed E-state index contributed by atoms with van der Waals surface area (Å²) in [7, 11) is 0. The molecule has 1 aromatic heterocycles. The van der Waals surface area contributed by atoms with E-state index in [-0.39, 0.29) is 11.1 Å². The normalized spacial score (nSPS) is 10.4. The number of rotatable bonds is 3. The number of hydrogen-bond donors (Lipinski definition) is 0. The third-order valence-corrected chi connectivity index (χ3v) is 1.92. The summed E-state index contributed by atoms with van der Waals surface area (Å²) in [6.07, 6.45) is -1.79. The lowest BCUT2D eigenvalue weighted by Gasteiger charge is -2.05. The molecule has 0 radical (unpaired) electrons. The van der Waals surface area contributed by atoms with Gasteiger partial charge in [0.25, 0.3) is 6.43 Å². The lowest BCUT2D eigenvalue weighted by molar-refractivity contribution is -0.391. The molecule has 0 aromatic carbocycles. The molecular formula is C8H6F2N2O3. The van der Waals surface area contributed by atoms with Gasteiger partial charge in [-0.3, -0.25) is 4.79 Å². The summed E-state index contributed by atoms with van der Waals surface area (Å²) in [5.74, 6) is -0.909. The Kier molecular flexibility index (Phi) is 3.03. The van der Waals surface area contributed by atoms with Gasteiger partial charge in [-0.25, -0.2) is 8.78 Å². The average molecular weight is 216 g/mol. The molecule has 5 nitrogen and oxygen atoms in total. The van der Waals surface area contributed by atoms with Crippen molar-refractivity contribution in [1.29, 1.82) is 0 Å². The molecule has 0 aliphatic heterocycles. The largest absolute Gasteiger partial charge is 0.372 e. The van der Waals surface area contributed by atoms with Crippen molar-refractivity contribution in [3.05, 3.63) is 33.0 Å². The van der Waals surface area contributed by atoms with E-state index in [0.717, 1.165) is 6.20 Å². The van der Waals surface area contributed by atoms with Crippen LogP contribution in [0.4, 0.5) is 14.6 Å². The molecule has 0 aliphatic rings. The van der Waals surface area contributed by atoms with Crippen LogP contribution >= 0.6 is 0 Å². The molecule has 15 heavy (non-hydrogen) atoms. The average Bonchev–Trinajstić information content (AvgIpc) is 2.16. The van der Waals surface area contributed by atoms with Gasteiger partial charge >= 0.3 is 5.82 Å². The topological polar surface area (TPSA) is 73.1 Å². The molecule has 0 bridgehead atoms. The van der Waals surface area contributed by atoms with E-state index >= 15 is 0 Å². The highest BCUT2D eigenvalue weighted by molar-refractivity contribution is 5.78. The second-order valence-corrected chi connectivity index (χ2v) is 2.75. The lowest BCUT2D eigenvalue weighted by Crippen LogP contribution is -2.04. The van der Waals surface area contributed by atoms with Gasteiger partial charge in [0.15, 0.2) is 12.5 Å². The highest BCUT2D eigenvalue weighted by Crippen LogP contribution is 2.31. The van der Waals surface area contributed by atoms with Crippen LogP contribution in [0.2, 0.25) is 0 Å². The van der Waals surface area contributed by atoms with Crippen LogP contribution in [0.25, 0.3) is 0 Å². The van der Waals surface area contributed by atoms with Crippen LogP contribution in [-0.4, -0.2) is 16.2 Å². The van der Waals surface area contributed by atoms with Gasteiger partial charge in [0.05, 0.1) is 5.56 Å². The fraction of sp³-hybridized carbons (Fsp3) is 0.250. The van der Waals surface area contributed by atoms with Gasteiger partial charge in [0, 0.05) is 0 Å². The Morgan fingerprint density at radius 3 is 2.60 bits per heavy atom. The van der Waals surface area contributed by atoms with Crippen molar-refractivity contribution in [3.8, 4) is 0 Å². The Labute approximate surface area is 82.9 Å². The van der Waals surface area contributed by atoms with E-state index in [1.165, 1.54) is 6.92 Å². The third-order valence-electron chi connectivity index (χ3n) is 1.92. The van der Waals surface area contributed by atoms with E-state index in [2.05, 4.69) is 4.98 Å². The number of carbonyl (C=O) groups excluding carboxylic acids is 1. The van der Waals surface area contributed by atoms with Crippen molar-refractivity contribution in [3.63, 3.8) is 0 Å². The number of nitro groups is 1. The molecule has 1 rings (SSSR count). The predicted molar refractivity (Wildman–Crippen MR) is 46.0 cm³/mol. The molecule has 0 amide bonds. The molecular weight excluding hydrogens is 210 g/mol. The van der Waals surface area contributed by atoms with Crippen molar-refractivity contribution in [2.24, 2.45) is 0 Å². The summed E-state index contributed by atoms with van der Waals surface area (Å²) < 4.78 is 25.0. The Hall–Kier alpha value is -1.92. The molecule has 80 valence electrons. The minimum atomic E-state index is -3.03. The molecule has 0 saturated heterocycles. The van der Waals surface area contributed by atoms with Crippen LogP contribution in [0.3, 0.4) is 0 Å². The van der Waals surface area contributed by atoms with Crippen LogP contribution in [0.1, 0.15) is 27.9 Å². The molecule has 0 unspecified atom stereocenters. The second-order valence-electron chi connectivity index (χ2n) is 2.75. The maximum absolute atomic E-state index is 12.5. The minimum Gasteiger partial charge on any atom is -0.358 e. The van der Waals surface area contributed by atoms with Crippen molar-refractivity contribution < 1.29 is 18.5 Å². The molecule has 1 heterocycles. The maximum atomic E-state index is 12.5. The van der Waals surface area contributed by atoms with Crippen molar-refractivity contribution >= 4 is 12.1 Å². The van der Waals surface area contributed by atoms with Gasteiger partial charge in [-0.2, -0.15) is 0 Å². The van der Waals surface area contributed by atoms with Crippen LogP contribution in [0.5, 0.6) is 0 Å². The van der Waals surface area contributed by atoms with E-state index < -0.39 is 22.7 Å². The summed E-state index contributed by atoms with van der Waals surface area (Å²) in [5.41, 5.74) is -0.984. The van der Waals surface area contributed by atoms with Gasteiger partial charge in [0.1, 0.15) is 5.56 Å². The van der Waals surface area contributed by atoms with Gasteiger partial charge in [-0.1, -0.05) is 0 Å². The Bertz CT molecular complexity index is 421. The number of aldehydes is 1. The molecule has 7 heteroatoms. The second kappa shape index (κ2) is 4.07. The molecule has 0 saturated carbocycles. The number of nitrogens with zero attached hydrogens (tertiary/aromatic N) is 2. The van der Waals surface area contributed by atoms with Gasteiger partial charge in [-0.05, 0) is 22.4 Å². The zero-order valence-electron chi connectivity index (χ0n) is 7.61. The summed E-state index contributed by atoms with van der Waals surface area (Å²) >= 11 is 0. The van der Waals surface area contributed by atoms with Gasteiger partial charge in [-0.15, -0.1) is 0 Å². The maximum Gasteiger partial charge on any atom is 0.372 e. The number of aromatic nitrogens is 1. The monoisotopic (exact) mass is 216 g/mol. The smallest absolute Gasteiger partial charge is 0.358 e. The van der Waals surface area contributed by atoms with Gasteiger partial charge in [0.2, 0.25) is 0 Å². The first kappa shape index (κ1) is 11.2. The van der Waals surface area contributed by atoms with E-state index in [4.69, 9.17) is 0 Å². The molecule has 0 fully saturated rings. The lowest BCUT2D eigenvalue weighted by atomic mass is 10.1. The van der Waals surface area contributed by atoms with Crippen molar-refractivity contribution in [2.75, 3.05) is 0 Å². The summed E-state index contributed by atoms with van der Waals surface area (Å²) in [6, 6.07) is 0. The molecule has 0 N–H and O–H groups in total. The minimum absolute atomic E-state index is 0.0732. The molecule has 0 atom stereocenters. The van der Waals surface area contributed by atoms with Crippen LogP contribution in [-0.2, 0) is 0 Å². The summed E-state index contributed by atoms with van der Waals surface area (Å²) in [5, 5.41) is 10.4. The quantitative estimate of drug-likeness (QED) is 0.440. The van der Waals surface area contributed by atoms with Crippen LogP contribution in [0.15, 0.2) is 6.20 Å². The first-order valence-electron chi connectivity index (χ1n) is 3.86. The zero-order chi connectivity index (χ0) is 11.6. The molecule has 1 aromatic rings. The standard InChI is InChI=1S/C8H6F2N2O3/c1-4-5(3-13)2-11-8(12(14)15)6(4)7(9)10/h2-3,7H,1H3. The fourth-order valence-electron chi connectivity index (χ4n) is 1.15. The number of pyridine rings is 1. The molecule has 0 aliphatic carbocycles. The number of hydrogen-bond acceptors (Lipinski definition) is 4. The third kappa shape index (κ3) is 1.95. The Morgan fingerprint density at radius 2 is 2.20 bits per heavy atom. The highest BCUT2D eigenvalue weighted by Gasteiger charge is 2.27. The van der Waals surface area contributed by atoms with E-state index in [1.807, 2.05) is 0 Å². The SMILES string of the molecule is Cc1c(C=O)cnc([N+](=O)[O-])c1C(F)F. The van der Waals surface area contributed by atoms with E-state index in [9.17, 15) is 23.7 Å².